The number of hydrogen-bond donors (Lipinski definition) is 2. The fourth-order valence-corrected chi connectivity index (χ4v) is 3.14. The molecule has 0 spiro atoms. The minimum Gasteiger partial charge on any atom is -0.488 e. The average Bonchev–Trinajstić information content (AvgIpc) is 3.24. The third kappa shape index (κ3) is 4.08. The van der Waals surface area contributed by atoms with Gasteiger partial charge in [0.1, 0.15) is 12.4 Å². The van der Waals surface area contributed by atoms with Crippen molar-refractivity contribution in [2.24, 2.45) is 0 Å². The molecule has 0 bridgehead atoms. The molecule has 1 saturated heterocycles. The first-order valence-corrected chi connectivity index (χ1v) is 8.46. The molecule has 1 atom stereocenters. The molecule has 22 heavy (non-hydrogen) atoms. The number of carbonyl (C=O) groups is 1. The molecule has 0 saturated carbocycles. The van der Waals surface area contributed by atoms with Gasteiger partial charge in [-0.3, -0.25) is 4.79 Å². The van der Waals surface area contributed by atoms with Gasteiger partial charge in [-0.1, -0.05) is 12.1 Å². The lowest BCUT2D eigenvalue weighted by molar-refractivity contribution is 0.0950. The summed E-state index contributed by atoms with van der Waals surface area (Å²) in [6.07, 6.45) is 2.32. The number of carbonyl (C=O) groups excluding carboxylic acids is 1. The molecular weight excluding hydrogens is 296 g/mol. The van der Waals surface area contributed by atoms with Crippen LogP contribution < -0.4 is 15.4 Å². The van der Waals surface area contributed by atoms with E-state index >= 15 is 0 Å². The van der Waals surface area contributed by atoms with Crippen LogP contribution in [-0.4, -0.2) is 25.0 Å². The van der Waals surface area contributed by atoms with Gasteiger partial charge in [0.2, 0.25) is 0 Å². The largest absolute Gasteiger partial charge is 0.488 e. The van der Waals surface area contributed by atoms with Crippen LogP contribution in [0.5, 0.6) is 5.75 Å². The highest BCUT2D eigenvalue weighted by molar-refractivity contribution is 7.09. The molecular formula is C17H20N2O2S. The van der Waals surface area contributed by atoms with E-state index in [0.717, 1.165) is 18.7 Å². The second kappa shape index (κ2) is 7.42. The lowest BCUT2D eigenvalue weighted by Crippen LogP contribution is -2.37. The summed E-state index contributed by atoms with van der Waals surface area (Å²) in [5, 5.41) is 8.38. The van der Waals surface area contributed by atoms with Gasteiger partial charge in [0.15, 0.2) is 0 Å². The number of thiophene rings is 1. The molecule has 1 amide bonds. The van der Waals surface area contributed by atoms with Crippen molar-refractivity contribution in [3.05, 3.63) is 52.2 Å². The molecule has 116 valence electrons. The van der Waals surface area contributed by atoms with Crippen LogP contribution in [0.1, 0.15) is 28.1 Å². The molecule has 2 heterocycles. The SMILES string of the molecule is O=C(NCC1CCCN1)c1cccc(OCc2cccs2)c1. The molecule has 2 N–H and O–H groups in total. The molecule has 5 heteroatoms. The molecule has 1 aliphatic rings. The monoisotopic (exact) mass is 316 g/mol. The van der Waals surface area contributed by atoms with Gasteiger partial charge in [-0.2, -0.15) is 0 Å². The lowest BCUT2D eigenvalue weighted by atomic mass is 10.2. The first-order chi connectivity index (χ1) is 10.8. The van der Waals surface area contributed by atoms with Crippen molar-refractivity contribution in [2.45, 2.75) is 25.5 Å². The first-order valence-electron chi connectivity index (χ1n) is 7.58. The lowest BCUT2D eigenvalue weighted by Gasteiger charge is -2.12. The smallest absolute Gasteiger partial charge is 0.251 e. The quantitative estimate of drug-likeness (QED) is 0.861. The highest BCUT2D eigenvalue weighted by Crippen LogP contribution is 2.17. The maximum atomic E-state index is 12.2. The fraction of sp³-hybridized carbons (Fsp3) is 0.353. The van der Waals surface area contributed by atoms with E-state index in [0.29, 0.717) is 24.8 Å². The summed E-state index contributed by atoms with van der Waals surface area (Å²) in [6, 6.07) is 11.8. The van der Waals surface area contributed by atoms with Gasteiger partial charge in [0, 0.05) is 23.0 Å². The Balaban J connectivity index is 1.54. The van der Waals surface area contributed by atoms with E-state index in [4.69, 9.17) is 4.74 Å². The highest BCUT2D eigenvalue weighted by Gasteiger charge is 2.15. The van der Waals surface area contributed by atoms with Crippen LogP contribution in [0, 0.1) is 0 Å². The van der Waals surface area contributed by atoms with Crippen LogP contribution in [0.3, 0.4) is 0 Å². The molecule has 4 nitrogen and oxygen atoms in total. The Kier molecular flexibility index (Phi) is 5.08. The summed E-state index contributed by atoms with van der Waals surface area (Å²) in [5.41, 5.74) is 0.640. The summed E-state index contributed by atoms with van der Waals surface area (Å²) in [5.74, 6) is 0.676. The fourth-order valence-electron chi connectivity index (χ4n) is 2.53. The van der Waals surface area contributed by atoms with Crippen molar-refractivity contribution in [1.82, 2.24) is 10.6 Å². The van der Waals surface area contributed by atoms with Gasteiger partial charge in [-0.25, -0.2) is 0 Å². The predicted octanol–water partition coefficient (Wildman–Crippen LogP) is 2.81. The van der Waals surface area contributed by atoms with Gasteiger partial charge in [-0.15, -0.1) is 11.3 Å². The van der Waals surface area contributed by atoms with E-state index < -0.39 is 0 Å². The zero-order chi connectivity index (χ0) is 15.2. The Morgan fingerprint density at radius 1 is 1.36 bits per heavy atom. The van der Waals surface area contributed by atoms with Crippen LogP contribution >= 0.6 is 11.3 Å². The third-order valence-electron chi connectivity index (χ3n) is 3.73. The van der Waals surface area contributed by atoms with Crippen molar-refractivity contribution >= 4 is 17.2 Å². The normalized spacial score (nSPS) is 17.4. The number of hydrogen-bond acceptors (Lipinski definition) is 4. The van der Waals surface area contributed by atoms with Gasteiger partial charge in [-0.05, 0) is 49.0 Å². The minimum atomic E-state index is -0.0460. The van der Waals surface area contributed by atoms with E-state index in [1.165, 1.54) is 11.3 Å². The first kappa shape index (κ1) is 15.1. The summed E-state index contributed by atoms with van der Waals surface area (Å²) < 4.78 is 5.74. The highest BCUT2D eigenvalue weighted by atomic mass is 32.1. The van der Waals surface area contributed by atoms with E-state index in [9.17, 15) is 4.79 Å². The van der Waals surface area contributed by atoms with Gasteiger partial charge in [0.05, 0.1) is 0 Å². The van der Waals surface area contributed by atoms with Crippen molar-refractivity contribution in [2.75, 3.05) is 13.1 Å². The van der Waals surface area contributed by atoms with Crippen LogP contribution in [0.2, 0.25) is 0 Å². The van der Waals surface area contributed by atoms with E-state index in [2.05, 4.69) is 10.6 Å². The summed E-state index contributed by atoms with van der Waals surface area (Å²) in [6.45, 7) is 2.26. The topological polar surface area (TPSA) is 50.4 Å². The molecule has 3 rings (SSSR count). The Morgan fingerprint density at radius 2 is 2.32 bits per heavy atom. The average molecular weight is 316 g/mol. The van der Waals surface area contributed by atoms with Crippen molar-refractivity contribution in [3.8, 4) is 5.75 Å². The van der Waals surface area contributed by atoms with Crippen LogP contribution in [0.15, 0.2) is 41.8 Å². The Bertz CT molecular complexity index is 607. The maximum absolute atomic E-state index is 12.2. The van der Waals surface area contributed by atoms with E-state index in [1.807, 2.05) is 35.7 Å². The van der Waals surface area contributed by atoms with Crippen LogP contribution in [0.4, 0.5) is 0 Å². The molecule has 1 aromatic heterocycles. The molecule has 1 fully saturated rings. The number of benzene rings is 1. The Morgan fingerprint density at radius 3 is 3.09 bits per heavy atom. The van der Waals surface area contributed by atoms with Crippen LogP contribution in [0.25, 0.3) is 0 Å². The zero-order valence-electron chi connectivity index (χ0n) is 12.4. The molecule has 0 radical (unpaired) electrons. The van der Waals surface area contributed by atoms with Gasteiger partial charge >= 0.3 is 0 Å². The Hall–Kier alpha value is -1.85. The van der Waals surface area contributed by atoms with Crippen molar-refractivity contribution < 1.29 is 9.53 Å². The molecule has 1 aromatic carbocycles. The summed E-state index contributed by atoms with van der Waals surface area (Å²) >= 11 is 1.66. The summed E-state index contributed by atoms with van der Waals surface area (Å²) in [4.78, 5) is 13.4. The van der Waals surface area contributed by atoms with E-state index in [1.54, 1.807) is 17.4 Å². The second-order valence-corrected chi connectivity index (χ2v) is 6.43. The number of rotatable bonds is 6. The van der Waals surface area contributed by atoms with Crippen molar-refractivity contribution in [1.29, 1.82) is 0 Å². The maximum Gasteiger partial charge on any atom is 0.251 e. The molecule has 1 aliphatic heterocycles. The van der Waals surface area contributed by atoms with Crippen LogP contribution in [-0.2, 0) is 6.61 Å². The third-order valence-corrected chi connectivity index (χ3v) is 4.58. The minimum absolute atomic E-state index is 0.0460. The second-order valence-electron chi connectivity index (χ2n) is 5.40. The standard InChI is InChI=1S/C17H20N2O2S/c20-17(19-11-14-5-2-8-18-14)13-4-1-6-15(10-13)21-12-16-7-3-9-22-16/h1,3-4,6-7,9-10,14,18H,2,5,8,11-12H2,(H,19,20). The zero-order valence-corrected chi connectivity index (χ0v) is 13.2. The van der Waals surface area contributed by atoms with E-state index in [-0.39, 0.29) is 5.91 Å². The molecule has 1 unspecified atom stereocenters. The number of nitrogens with one attached hydrogen (secondary N) is 2. The molecule has 0 aliphatic carbocycles. The van der Waals surface area contributed by atoms with Gasteiger partial charge < -0.3 is 15.4 Å². The number of amides is 1. The predicted molar refractivity (Wildman–Crippen MR) is 88.5 cm³/mol. The number of ether oxygens (including phenoxy) is 1. The Labute approximate surface area is 134 Å². The molecule has 2 aromatic rings. The van der Waals surface area contributed by atoms with Gasteiger partial charge in [0.25, 0.3) is 5.91 Å². The summed E-state index contributed by atoms with van der Waals surface area (Å²) in [7, 11) is 0. The van der Waals surface area contributed by atoms with Crippen molar-refractivity contribution in [3.63, 3.8) is 0 Å².